The van der Waals surface area contributed by atoms with E-state index in [2.05, 4.69) is 28.7 Å². The summed E-state index contributed by atoms with van der Waals surface area (Å²) in [6.07, 6.45) is 1.16. The number of hydrogen-bond acceptors (Lipinski definition) is 6. The van der Waals surface area contributed by atoms with Gasteiger partial charge >= 0.3 is 5.97 Å². The molecule has 1 aromatic rings. The lowest BCUT2D eigenvalue weighted by Crippen LogP contribution is -2.22. The summed E-state index contributed by atoms with van der Waals surface area (Å²) in [5.74, 6) is 1.60. The molecule has 0 saturated heterocycles. The Morgan fingerprint density at radius 1 is 1.50 bits per heavy atom. The number of ether oxygens (including phenoxy) is 1. The second-order valence-electron chi connectivity index (χ2n) is 4.77. The fourth-order valence-electron chi connectivity index (χ4n) is 1.49. The molecule has 1 heterocycles. The number of esters is 1. The molecule has 0 amide bonds. The van der Waals surface area contributed by atoms with Crippen LogP contribution in [-0.4, -0.2) is 41.7 Å². The van der Waals surface area contributed by atoms with Crippen LogP contribution >= 0.6 is 0 Å². The zero-order valence-corrected chi connectivity index (χ0v) is 11.5. The van der Waals surface area contributed by atoms with Gasteiger partial charge in [0.15, 0.2) is 5.82 Å². The molecule has 1 rings (SSSR count). The highest BCUT2D eigenvalue weighted by Gasteiger charge is 2.11. The molecule has 0 aliphatic carbocycles. The topological polar surface area (TPSA) is 68.5 Å². The van der Waals surface area contributed by atoms with Gasteiger partial charge in [-0.25, -0.2) is 0 Å². The first-order valence-electron chi connectivity index (χ1n) is 6.08. The Balaban J connectivity index is 2.37. The minimum atomic E-state index is -0.213. The number of carbonyl (C=O) groups is 1. The first-order valence-corrected chi connectivity index (χ1v) is 6.08. The largest absolute Gasteiger partial charge is 0.469 e. The van der Waals surface area contributed by atoms with Crippen LogP contribution in [-0.2, 0) is 22.5 Å². The molecule has 0 aliphatic rings. The van der Waals surface area contributed by atoms with E-state index in [9.17, 15) is 4.79 Å². The standard InChI is InChI=1S/C12H21N3O3/c1-9(2)7-11-13-10(14-18-11)8-15(3)6-5-12(16)17-4/h9H,5-8H2,1-4H3. The molecule has 0 fully saturated rings. The number of rotatable bonds is 7. The average Bonchev–Trinajstić information content (AvgIpc) is 2.72. The number of nitrogens with zero attached hydrogens (tertiary/aromatic N) is 3. The summed E-state index contributed by atoms with van der Waals surface area (Å²) in [6, 6.07) is 0. The van der Waals surface area contributed by atoms with Crippen molar-refractivity contribution in [2.75, 3.05) is 20.7 Å². The third-order valence-corrected chi connectivity index (χ3v) is 2.43. The van der Waals surface area contributed by atoms with Gasteiger partial charge in [-0.05, 0) is 13.0 Å². The highest BCUT2D eigenvalue weighted by atomic mass is 16.5. The Morgan fingerprint density at radius 3 is 2.83 bits per heavy atom. The smallest absolute Gasteiger partial charge is 0.306 e. The van der Waals surface area contributed by atoms with Crippen LogP contribution in [0.1, 0.15) is 32.0 Å². The zero-order valence-electron chi connectivity index (χ0n) is 11.5. The van der Waals surface area contributed by atoms with E-state index in [4.69, 9.17) is 4.52 Å². The summed E-state index contributed by atoms with van der Waals surface area (Å²) < 4.78 is 9.73. The Bertz CT molecular complexity index is 376. The lowest BCUT2D eigenvalue weighted by atomic mass is 10.1. The van der Waals surface area contributed by atoms with Crippen LogP contribution in [0.15, 0.2) is 4.52 Å². The predicted molar refractivity (Wildman–Crippen MR) is 65.8 cm³/mol. The van der Waals surface area contributed by atoms with Gasteiger partial charge in [0.2, 0.25) is 5.89 Å². The summed E-state index contributed by atoms with van der Waals surface area (Å²) in [6.45, 7) is 5.39. The SMILES string of the molecule is COC(=O)CCN(C)Cc1noc(CC(C)C)n1. The summed E-state index contributed by atoms with van der Waals surface area (Å²) in [5, 5.41) is 3.91. The molecule has 0 atom stereocenters. The van der Waals surface area contributed by atoms with Crippen molar-refractivity contribution in [3.63, 3.8) is 0 Å². The third kappa shape index (κ3) is 5.27. The van der Waals surface area contributed by atoms with Crippen LogP contribution < -0.4 is 0 Å². The molecule has 0 aliphatic heterocycles. The molecule has 0 radical (unpaired) electrons. The molecule has 102 valence electrons. The fourth-order valence-corrected chi connectivity index (χ4v) is 1.49. The van der Waals surface area contributed by atoms with Crippen molar-refractivity contribution in [2.45, 2.75) is 33.2 Å². The van der Waals surface area contributed by atoms with Crippen molar-refractivity contribution >= 4 is 5.97 Å². The lowest BCUT2D eigenvalue weighted by Gasteiger charge is -2.12. The van der Waals surface area contributed by atoms with E-state index in [1.807, 2.05) is 11.9 Å². The summed E-state index contributed by atoms with van der Waals surface area (Å²) >= 11 is 0. The van der Waals surface area contributed by atoms with Gasteiger partial charge in [-0.1, -0.05) is 19.0 Å². The van der Waals surface area contributed by atoms with E-state index in [0.29, 0.717) is 37.1 Å². The van der Waals surface area contributed by atoms with Crippen molar-refractivity contribution in [3.05, 3.63) is 11.7 Å². The van der Waals surface area contributed by atoms with Crippen molar-refractivity contribution in [1.29, 1.82) is 0 Å². The van der Waals surface area contributed by atoms with Crippen LogP contribution in [0.5, 0.6) is 0 Å². The van der Waals surface area contributed by atoms with E-state index < -0.39 is 0 Å². The van der Waals surface area contributed by atoms with E-state index in [0.717, 1.165) is 6.42 Å². The van der Waals surface area contributed by atoms with Crippen LogP contribution in [0, 0.1) is 5.92 Å². The predicted octanol–water partition coefficient (Wildman–Crippen LogP) is 1.26. The second-order valence-corrected chi connectivity index (χ2v) is 4.77. The maximum absolute atomic E-state index is 11.0. The van der Waals surface area contributed by atoms with Crippen LogP contribution in [0.2, 0.25) is 0 Å². The van der Waals surface area contributed by atoms with Gasteiger partial charge in [-0.3, -0.25) is 9.69 Å². The molecular formula is C12H21N3O3. The third-order valence-electron chi connectivity index (χ3n) is 2.43. The number of aromatic nitrogens is 2. The van der Waals surface area contributed by atoms with Crippen LogP contribution in [0.3, 0.4) is 0 Å². The molecular weight excluding hydrogens is 234 g/mol. The molecule has 0 unspecified atom stereocenters. The van der Waals surface area contributed by atoms with Crippen LogP contribution in [0.25, 0.3) is 0 Å². The Labute approximate surface area is 107 Å². The highest BCUT2D eigenvalue weighted by Crippen LogP contribution is 2.06. The van der Waals surface area contributed by atoms with E-state index in [1.165, 1.54) is 7.11 Å². The lowest BCUT2D eigenvalue weighted by molar-refractivity contribution is -0.140. The maximum Gasteiger partial charge on any atom is 0.306 e. The summed E-state index contributed by atoms with van der Waals surface area (Å²) in [4.78, 5) is 17.3. The van der Waals surface area contributed by atoms with Gasteiger partial charge in [0.05, 0.1) is 20.1 Å². The number of methoxy groups -OCH3 is 1. The van der Waals surface area contributed by atoms with Crippen molar-refractivity contribution in [1.82, 2.24) is 15.0 Å². The fraction of sp³-hybridized carbons (Fsp3) is 0.750. The normalized spacial score (nSPS) is 11.2. The zero-order chi connectivity index (χ0) is 13.5. The molecule has 6 heteroatoms. The van der Waals surface area contributed by atoms with Gasteiger partial charge in [-0.15, -0.1) is 0 Å². The van der Waals surface area contributed by atoms with Gasteiger partial charge < -0.3 is 9.26 Å². The van der Waals surface area contributed by atoms with E-state index >= 15 is 0 Å². The highest BCUT2D eigenvalue weighted by molar-refractivity contribution is 5.69. The van der Waals surface area contributed by atoms with Gasteiger partial charge in [-0.2, -0.15) is 4.98 Å². The first-order chi connectivity index (χ1) is 8.51. The van der Waals surface area contributed by atoms with E-state index in [1.54, 1.807) is 0 Å². The molecule has 0 bridgehead atoms. The first kappa shape index (κ1) is 14.6. The molecule has 0 N–H and O–H groups in total. The van der Waals surface area contributed by atoms with E-state index in [-0.39, 0.29) is 5.97 Å². The van der Waals surface area contributed by atoms with Crippen molar-refractivity contribution in [3.8, 4) is 0 Å². The summed E-state index contributed by atoms with van der Waals surface area (Å²) in [7, 11) is 3.29. The Morgan fingerprint density at radius 2 is 2.22 bits per heavy atom. The van der Waals surface area contributed by atoms with Crippen molar-refractivity contribution < 1.29 is 14.1 Å². The van der Waals surface area contributed by atoms with Gasteiger partial charge in [0.25, 0.3) is 0 Å². The second kappa shape index (κ2) is 7.10. The van der Waals surface area contributed by atoms with Gasteiger partial charge in [0, 0.05) is 13.0 Å². The molecule has 0 aromatic carbocycles. The van der Waals surface area contributed by atoms with Crippen molar-refractivity contribution in [2.24, 2.45) is 5.92 Å². The molecule has 18 heavy (non-hydrogen) atoms. The van der Waals surface area contributed by atoms with Gasteiger partial charge in [0.1, 0.15) is 0 Å². The summed E-state index contributed by atoms with van der Waals surface area (Å²) in [5.41, 5.74) is 0. The Hall–Kier alpha value is -1.43. The average molecular weight is 255 g/mol. The molecule has 0 saturated carbocycles. The quantitative estimate of drug-likeness (QED) is 0.683. The minimum Gasteiger partial charge on any atom is -0.469 e. The molecule has 0 spiro atoms. The maximum atomic E-state index is 11.0. The Kier molecular flexibility index (Phi) is 5.77. The van der Waals surface area contributed by atoms with Crippen LogP contribution in [0.4, 0.5) is 0 Å². The number of carbonyl (C=O) groups excluding carboxylic acids is 1. The number of hydrogen-bond donors (Lipinski definition) is 0. The molecule has 1 aromatic heterocycles. The monoisotopic (exact) mass is 255 g/mol. The minimum absolute atomic E-state index is 0.213. The molecule has 6 nitrogen and oxygen atoms in total.